The second-order valence-corrected chi connectivity index (χ2v) is 9.74. The van der Waals surface area contributed by atoms with E-state index in [4.69, 9.17) is 27.9 Å². The van der Waals surface area contributed by atoms with E-state index in [0.717, 1.165) is 4.90 Å². The summed E-state index contributed by atoms with van der Waals surface area (Å²) >= 11 is 16.2. The maximum absolute atomic E-state index is 14.2. The summed E-state index contributed by atoms with van der Waals surface area (Å²) in [4.78, 5) is 39.1. The fourth-order valence-corrected chi connectivity index (χ4v) is 4.77. The van der Waals surface area contributed by atoms with E-state index in [-0.39, 0.29) is 38.4 Å². The lowest BCUT2D eigenvalue weighted by Gasteiger charge is -2.14. The van der Waals surface area contributed by atoms with Crippen LogP contribution >= 0.6 is 50.9 Å². The third-order valence-corrected chi connectivity index (χ3v) is 6.89. The molecule has 0 spiro atoms. The molecule has 1 heterocycles. The number of amides is 2. The summed E-state index contributed by atoms with van der Waals surface area (Å²) < 4.78 is 20.4. The highest BCUT2D eigenvalue weighted by Crippen LogP contribution is 2.37. The molecule has 0 aromatic heterocycles. The SMILES string of the molecule is O=C(Oc1ccc(Br)cc1/C=C1\SC(=O)N(Cc2c(F)cccc2Cl)C1=O)c1ccccc1Cl. The predicted octanol–water partition coefficient (Wildman–Crippen LogP) is 7.35. The first-order valence-electron chi connectivity index (χ1n) is 9.69. The normalized spacial score (nSPS) is 14.7. The van der Waals surface area contributed by atoms with Crippen LogP contribution in [0.2, 0.25) is 10.0 Å². The molecular weight excluding hydrogens is 568 g/mol. The van der Waals surface area contributed by atoms with Gasteiger partial charge in [-0.05, 0) is 60.3 Å². The molecule has 0 aliphatic carbocycles. The van der Waals surface area contributed by atoms with Crippen molar-refractivity contribution in [1.82, 2.24) is 4.90 Å². The Bertz CT molecular complexity index is 1340. The first kappa shape index (κ1) is 24.5. The summed E-state index contributed by atoms with van der Waals surface area (Å²) in [5.41, 5.74) is 0.605. The number of benzene rings is 3. The van der Waals surface area contributed by atoms with Crippen LogP contribution in [-0.4, -0.2) is 22.0 Å². The molecule has 3 aromatic carbocycles. The third-order valence-electron chi connectivity index (χ3n) is 4.81. The van der Waals surface area contributed by atoms with Crippen LogP contribution in [0.5, 0.6) is 5.75 Å². The van der Waals surface area contributed by atoms with Crippen molar-refractivity contribution in [2.75, 3.05) is 0 Å². The van der Waals surface area contributed by atoms with Gasteiger partial charge in [0.25, 0.3) is 11.1 Å². The fraction of sp³-hybridized carbons (Fsp3) is 0.0417. The highest BCUT2D eigenvalue weighted by atomic mass is 79.9. The first-order chi connectivity index (χ1) is 16.2. The number of ether oxygens (including phenoxy) is 1. The van der Waals surface area contributed by atoms with E-state index in [2.05, 4.69) is 15.9 Å². The molecule has 0 radical (unpaired) electrons. The minimum atomic E-state index is -0.676. The Morgan fingerprint density at radius 1 is 1.06 bits per heavy atom. The standard InChI is InChI=1S/C24H13BrCl2FNO4S/c25-14-8-9-20(33-23(31)15-4-1-2-5-17(15)26)13(10-14)11-21-22(30)29(24(32)34-21)12-16-18(27)6-3-7-19(16)28/h1-11H,12H2/b21-11-. The van der Waals surface area contributed by atoms with Crippen molar-refractivity contribution in [1.29, 1.82) is 0 Å². The average Bonchev–Trinajstić information content (AvgIpc) is 3.05. The van der Waals surface area contributed by atoms with Crippen molar-refractivity contribution in [3.05, 3.63) is 103 Å². The maximum Gasteiger partial charge on any atom is 0.345 e. The zero-order chi connectivity index (χ0) is 24.4. The Labute approximate surface area is 216 Å². The Morgan fingerprint density at radius 2 is 1.79 bits per heavy atom. The minimum Gasteiger partial charge on any atom is -0.422 e. The Hall–Kier alpha value is -2.65. The molecule has 4 rings (SSSR count). The topological polar surface area (TPSA) is 63.7 Å². The van der Waals surface area contributed by atoms with Crippen molar-refractivity contribution in [2.24, 2.45) is 0 Å². The van der Waals surface area contributed by atoms with Gasteiger partial charge in [-0.2, -0.15) is 0 Å². The molecule has 0 N–H and O–H groups in total. The molecule has 3 aromatic rings. The molecule has 0 unspecified atom stereocenters. The van der Waals surface area contributed by atoms with Gasteiger partial charge in [-0.1, -0.05) is 57.3 Å². The van der Waals surface area contributed by atoms with E-state index in [1.54, 1.807) is 36.4 Å². The molecule has 0 saturated carbocycles. The van der Waals surface area contributed by atoms with Gasteiger partial charge in [-0.25, -0.2) is 9.18 Å². The molecule has 1 saturated heterocycles. The molecule has 172 valence electrons. The minimum absolute atomic E-state index is 0.0459. The molecule has 1 aliphatic heterocycles. The van der Waals surface area contributed by atoms with Gasteiger partial charge in [0, 0.05) is 20.6 Å². The van der Waals surface area contributed by atoms with Gasteiger partial charge in [0.1, 0.15) is 11.6 Å². The summed E-state index contributed by atoms with van der Waals surface area (Å²) in [6, 6.07) is 15.4. The van der Waals surface area contributed by atoms with Crippen LogP contribution < -0.4 is 4.74 Å². The molecule has 34 heavy (non-hydrogen) atoms. The molecule has 0 bridgehead atoms. The van der Waals surface area contributed by atoms with E-state index in [0.29, 0.717) is 21.8 Å². The number of carbonyl (C=O) groups is 3. The second-order valence-electron chi connectivity index (χ2n) is 7.02. The van der Waals surface area contributed by atoms with Gasteiger partial charge >= 0.3 is 5.97 Å². The van der Waals surface area contributed by atoms with Crippen LogP contribution in [0.4, 0.5) is 9.18 Å². The van der Waals surface area contributed by atoms with E-state index < -0.39 is 22.9 Å². The van der Waals surface area contributed by atoms with E-state index >= 15 is 0 Å². The number of rotatable bonds is 5. The highest BCUT2D eigenvalue weighted by Gasteiger charge is 2.36. The van der Waals surface area contributed by atoms with Crippen molar-refractivity contribution in [2.45, 2.75) is 6.54 Å². The van der Waals surface area contributed by atoms with Crippen molar-refractivity contribution in [3.63, 3.8) is 0 Å². The Kier molecular flexibility index (Phi) is 7.42. The smallest absolute Gasteiger partial charge is 0.345 e. The number of carbonyl (C=O) groups excluding carboxylic acids is 3. The summed E-state index contributed by atoms with van der Waals surface area (Å²) in [5.74, 6) is -1.74. The second kappa shape index (κ2) is 10.3. The number of imide groups is 1. The highest BCUT2D eigenvalue weighted by molar-refractivity contribution is 9.10. The largest absolute Gasteiger partial charge is 0.422 e. The quantitative estimate of drug-likeness (QED) is 0.179. The monoisotopic (exact) mass is 579 g/mol. The van der Waals surface area contributed by atoms with Gasteiger partial charge < -0.3 is 4.74 Å². The lowest BCUT2D eigenvalue weighted by Crippen LogP contribution is -2.28. The summed E-state index contributed by atoms with van der Waals surface area (Å²) in [5, 5.41) is -0.219. The molecule has 2 amide bonds. The van der Waals surface area contributed by atoms with E-state index in [1.165, 1.54) is 30.3 Å². The lowest BCUT2D eigenvalue weighted by molar-refractivity contribution is -0.123. The van der Waals surface area contributed by atoms with Gasteiger partial charge in [-0.15, -0.1) is 0 Å². The van der Waals surface area contributed by atoms with E-state index in [9.17, 15) is 18.8 Å². The lowest BCUT2D eigenvalue weighted by atomic mass is 10.1. The van der Waals surface area contributed by atoms with E-state index in [1.807, 2.05) is 0 Å². The summed E-state index contributed by atoms with van der Waals surface area (Å²) in [6.45, 7) is -0.305. The summed E-state index contributed by atoms with van der Waals surface area (Å²) in [6.07, 6.45) is 1.44. The van der Waals surface area contributed by atoms with Crippen LogP contribution in [0.1, 0.15) is 21.5 Å². The molecule has 0 atom stereocenters. The third kappa shape index (κ3) is 5.20. The first-order valence-corrected chi connectivity index (χ1v) is 12.1. The predicted molar refractivity (Wildman–Crippen MR) is 133 cm³/mol. The van der Waals surface area contributed by atoms with Gasteiger partial charge in [0.15, 0.2) is 0 Å². The number of nitrogens with zero attached hydrogens (tertiary/aromatic N) is 1. The number of esters is 1. The Morgan fingerprint density at radius 3 is 2.53 bits per heavy atom. The number of halogens is 4. The molecular formula is C24H13BrCl2FNO4S. The van der Waals surface area contributed by atoms with Gasteiger partial charge in [0.2, 0.25) is 0 Å². The average molecular weight is 581 g/mol. The molecule has 1 aliphatic rings. The van der Waals surface area contributed by atoms with Gasteiger partial charge in [-0.3, -0.25) is 14.5 Å². The van der Waals surface area contributed by atoms with Crippen LogP contribution in [0, 0.1) is 5.82 Å². The maximum atomic E-state index is 14.2. The number of thioether (sulfide) groups is 1. The molecule has 5 nitrogen and oxygen atoms in total. The molecule has 10 heteroatoms. The fourth-order valence-electron chi connectivity index (χ4n) is 3.13. The van der Waals surface area contributed by atoms with Crippen LogP contribution in [0.3, 0.4) is 0 Å². The zero-order valence-corrected chi connectivity index (χ0v) is 21.0. The van der Waals surface area contributed by atoms with Gasteiger partial charge in [0.05, 0.1) is 22.0 Å². The van der Waals surface area contributed by atoms with Crippen molar-refractivity contribution >= 4 is 74.1 Å². The number of hydrogen-bond acceptors (Lipinski definition) is 5. The van der Waals surface area contributed by atoms with Crippen molar-refractivity contribution < 1.29 is 23.5 Å². The van der Waals surface area contributed by atoms with Crippen LogP contribution in [0.25, 0.3) is 6.08 Å². The Balaban J connectivity index is 1.62. The van der Waals surface area contributed by atoms with Crippen LogP contribution in [0.15, 0.2) is 70.0 Å². The van der Waals surface area contributed by atoms with Crippen LogP contribution in [-0.2, 0) is 11.3 Å². The molecule has 1 fully saturated rings. The number of hydrogen-bond donors (Lipinski definition) is 0. The summed E-state index contributed by atoms with van der Waals surface area (Å²) in [7, 11) is 0. The van der Waals surface area contributed by atoms with Crippen molar-refractivity contribution in [3.8, 4) is 5.75 Å². The zero-order valence-electron chi connectivity index (χ0n) is 17.1.